The summed E-state index contributed by atoms with van der Waals surface area (Å²) in [6.07, 6.45) is 2.48. The van der Waals surface area contributed by atoms with Gasteiger partial charge >= 0.3 is 5.97 Å². The maximum atomic E-state index is 12.9. The monoisotopic (exact) mass is 406 g/mol. The second-order valence-corrected chi connectivity index (χ2v) is 7.44. The second kappa shape index (κ2) is 7.68. The number of carbonyl (C=O) groups excluding carboxylic acids is 2. The maximum Gasteiger partial charge on any atom is 0.339 e. The highest BCUT2D eigenvalue weighted by molar-refractivity contribution is 6.30. The fourth-order valence-electron chi connectivity index (χ4n) is 3.55. The van der Waals surface area contributed by atoms with E-state index in [0.29, 0.717) is 27.9 Å². The average Bonchev–Trinajstić information content (AvgIpc) is 3.09. The molecule has 1 atom stereocenters. The minimum atomic E-state index is -1.00. The zero-order valence-corrected chi connectivity index (χ0v) is 16.6. The van der Waals surface area contributed by atoms with Crippen molar-refractivity contribution in [2.45, 2.75) is 25.9 Å². The van der Waals surface area contributed by atoms with E-state index in [-0.39, 0.29) is 0 Å². The number of amides is 1. The zero-order chi connectivity index (χ0) is 20.5. The number of ether oxygens (including phenoxy) is 1. The molecule has 3 aromatic rings. The van der Waals surface area contributed by atoms with Gasteiger partial charge in [-0.1, -0.05) is 41.9 Å². The molecule has 0 unspecified atom stereocenters. The number of nitrogens with zero attached hydrogens (tertiary/aromatic N) is 1. The van der Waals surface area contributed by atoms with Crippen LogP contribution in [0.15, 0.2) is 48.5 Å². The summed E-state index contributed by atoms with van der Waals surface area (Å²) in [6, 6.07) is 15.0. The summed E-state index contributed by atoms with van der Waals surface area (Å²) < 4.78 is 5.32. The minimum Gasteiger partial charge on any atom is -0.449 e. The summed E-state index contributed by atoms with van der Waals surface area (Å²) in [5.74, 6) is -1.24. The first kappa shape index (κ1) is 19.2. The van der Waals surface area contributed by atoms with Gasteiger partial charge in [0, 0.05) is 10.4 Å². The minimum absolute atomic E-state index is 0.457. The van der Waals surface area contributed by atoms with Gasteiger partial charge in [-0.05, 0) is 60.7 Å². The van der Waals surface area contributed by atoms with Gasteiger partial charge in [-0.25, -0.2) is 9.78 Å². The van der Waals surface area contributed by atoms with Crippen LogP contribution >= 0.6 is 11.6 Å². The Labute approximate surface area is 173 Å². The molecule has 2 aromatic carbocycles. The zero-order valence-electron chi connectivity index (χ0n) is 15.8. The molecule has 4 rings (SSSR count). The van der Waals surface area contributed by atoms with Gasteiger partial charge in [0.05, 0.1) is 16.8 Å². The molecule has 1 aliphatic rings. The van der Waals surface area contributed by atoms with E-state index in [2.05, 4.69) is 6.08 Å². The summed E-state index contributed by atoms with van der Waals surface area (Å²) in [4.78, 5) is 29.1. The number of hydrogen-bond donors (Lipinski definition) is 1. The van der Waals surface area contributed by atoms with Crippen LogP contribution in [-0.4, -0.2) is 23.0 Å². The number of fused-ring (bicyclic) bond motifs is 2. The molecule has 0 fully saturated rings. The van der Waals surface area contributed by atoms with Gasteiger partial charge < -0.3 is 10.5 Å². The first-order valence-electron chi connectivity index (χ1n) is 9.32. The van der Waals surface area contributed by atoms with Crippen molar-refractivity contribution in [3.8, 4) is 0 Å². The summed E-state index contributed by atoms with van der Waals surface area (Å²) in [7, 11) is 0. The molecule has 0 spiro atoms. The van der Waals surface area contributed by atoms with Gasteiger partial charge in [0.25, 0.3) is 5.91 Å². The molecule has 0 saturated carbocycles. The van der Waals surface area contributed by atoms with Gasteiger partial charge in [-0.3, -0.25) is 4.79 Å². The number of pyridine rings is 1. The van der Waals surface area contributed by atoms with Gasteiger partial charge in [-0.15, -0.1) is 0 Å². The van der Waals surface area contributed by atoms with E-state index in [1.54, 1.807) is 0 Å². The molecular weight excluding hydrogens is 388 g/mol. The van der Waals surface area contributed by atoms with Crippen LogP contribution in [0.25, 0.3) is 22.6 Å². The highest BCUT2D eigenvalue weighted by atomic mass is 35.5. The number of primary amides is 1. The maximum absolute atomic E-state index is 12.9. The highest BCUT2D eigenvalue weighted by Crippen LogP contribution is 2.38. The Morgan fingerprint density at radius 2 is 1.86 bits per heavy atom. The lowest BCUT2D eigenvalue weighted by Gasteiger charge is -2.14. The van der Waals surface area contributed by atoms with Crippen molar-refractivity contribution in [3.63, 3.8) is 0 Å². The Bertz CT molecular complexity index is 1150. The van der Waals surface area contributed by atoms with E-state index in [9.17, 15) is 9.59 Å². The molecule has 0 radical (unpaired) electrons. The third-order valence-corrected chi connectivity index (χ3v) is 5.29. The first-order chi connectivity index (χ1) is 13.9. The van der Waals surface area contributed by atoms with Crippen LogP contribution < -0.4 is 5.73 Å². The van der Waals surface area contributed by atoms with E-state index in [4.69, 9.17) is 27.1 Å². The van der Waals surface area contributed by atoms with Crippen LogP contribution in [0.5, 0.6) is 0 Å². The molecule has 1 heterocycles. The molecule has 1 aromatic heterocycles. The molecule has 2 N–H and O–H groups in total. The topological polar surface area (TPSA) is 82.3 Å². The first-order valence-corrected chi connectivity index (χ1v) is 9.70. The molecule has 0 bridgehead atoms. The van der Waals surface area contributed by atoms with E-state index in [1.807, 2.05) is 48.5 Å². The quantitative estimate of drug-likeness (QED) is 0.651. The van der Waals surface area contributed by atoms with Gasteiger partial charge in [0.1, 0.15) is 0 Å². The lowest BCUT2D eigenvalue weighted by molar-refractivity contribution is -0.125. The number of aromatic nitrogens is 1. The van der Waals surface area contributed by atoms with Gasteiger partial charge in [0.2, 0.25) is 0 Å². The number of nitrogens with two attached hydrogens (primary N) is 1. The Morgan fingerprint density at radius 1 is 1.14 bits per heavy atom. The molecule has 29 heavy (non-hydrogen) atoms. The number of carbonyl (C=O) groups is 2. The summed E-state index contributed by atoms with van der Waals surface area (Å²) >= 11 is 5.98. The predicted octanol–water partition coefficient (Wildman–Crippen LogP) is 4.41. The molecule has 1 amide bonds. The van der Waals surface area contributed by atoms with Crippen molar-refractivity contribution in [2.24, 2.45) is 5.73 Å². The standard InChI is InChI=1S/C23H19ClN2O3/c1-13(22(25)27)29-23(28)20-17-4-2-3-5-19(17)26-21-15(8-11-18(20)21)12-14-6-9-16(24)10-7-14/h2-7,9-10,12-13H,8,11H2,1H3,(H2,25,27)/b15-12-/t13-/m0/s1. The number of esters is 1. The Kier molecular flexibility index (Phi) is 5.07. The normalized spacial score (nSPS) is 15.3. The number of rotatable bonds is 4. The van der Waals surface area contributed by atoms with Crippen LogP contribution in [-0.2, 0) is 16.0 Å². The summed E-state index contributed by atoms with van der Waals surface area (Å²) in [5.41, 5.74) is 10.1. The third kappa shape index (κ3) is 3.74. The van der Waals surface area contributed by atoms with Crippen LogP contribution in [0.4, 0.5) is 0 Å². The van der Waals surface area contributed by atoms with Gasteiger partial charge in [0.15, 0.2) is 6.10 Å². The Balaban J connectivity index is 1.84. The Morgan fingerprint density at radius 3 is 2.59 bits per heavy atom. The number of allylic oxidation sites excluding steroid dienone is 1. The molecule has 1 aliphatic carbocycles. The lowest BCUT2D eigenvalue weighted by atomic mass is 10.0. The summed E-state index contributed by atoms with van der Waals surface area (Å²) in [6.45, 7) is 1.47. The van der Waals surface area contributed by atoms with Crippen molar-refractivity contribution >= 4 is 46.0 Å². The molecular formula is C23H19ClN2O3. The van der Waals surface area contributed by atoms with E-state index >= 15 is 0 Å². The largest absolute Gasteiger partial charge is 0.449 e. The smallest absolute Gasteiger partial charge is 0.339 e. The fourth-order valence-corrected chi connectivity index (χ4v) is 3.68. The number of hydrogen-bond acceptors (Lipinski definition) is 4. The van der Waals surface area contributed by atoms with Crippen LogP contribution in [0.2, 0.25) is 5.02 Å². The van der Waals surface area contributed by atoms with Gasteiger partial charge in [-0.2, -0.15) is 0 Å². The van der Waals surface area contributed by atoms with E-state index in [0.717, 1.165) is 28.8 Å². The molecule has 5 nitrogen and oxygen atoms in total. The van der Waals surface area contributed by atoms with Crippen LogP contribution in [0, 0.1) is 0 Å². The van der Waals surface area contributed by atoms with Crippen molar-refractivity contribution in [1.29, 1.82) is 0 Å². The molecule has 0 saturated heterocycles. The van der Waals surface area contributed by atoms with Crippen LogP contribution in [0.3, 0.4) is 0 Å². The molecule has 6 heteroatoms. The SMILES string of the molecule is C[C@H](OC(=O)c1c2c(nc3ccccc13)/C(=C\c1ccc(Cl)cc1)CC2)C(N)=O. The third-order valence-electron chi connectivity index (χ3n) is 5.04. The fraction of sp³-hybridized carbons (Fsp3) is 0.174. The number of benzene rings is 2. The predicted molar refractivity (Wildman–Crippen MR) is 113 cm³/mol. The van der Waals surface area contributed by atoms with Crippen molar-refractivity contribution in [1.82, 2.24) is 4.98 Å². The van der Waals surface area contributed by atoms with E-state index < -0.39 is 18.0 Å². The number of halogens is 1. The Hall–Kier alpha value is -3.18. The average molecular weight is 407 g/mol. The van der Waals surface area contributed by atoms with Crippen molar-refractivity contribution < 1.29 is 14.3 Å². The van der Waals surface area contributed by atoms with E-state index in [1.165, 1.54) is 6.92 Å². The van der Waals surface area contributed by atoms with Crippen molar-refractivity contribution in [3.05, 3.63) is 75.9 Å². The molecule has 146 valence electrons. The van der Waals surface area contributed by atoms with Crippen LogP contribution in [0.1, 0.15) is 40.5 Å². The number of para-hydroxylation sites is 1. The second-order valence-electron chi connectivity index (χ2n) is 7.00. The van der Waals surface area contributed by atoms with Crippen molar-refractivity contribution in [2.75, 3.05) is 0 Å². The summed E-state index contributed by atoms with van der Waals surface area (Å²) in [5, 5.41) is 1.39. The highest BCUT2D eigenvalue weighted by Gasteiger charge is 2.29. The molecule has 0 aliphatic heterocycles. The lowest BCUT2D eigenvalue weighted by Crippen LogP contribution is -2.30.